The maximum Gasteiger partial charge on any atom is 0.335 e. The molecule has 0 unspecified atom stereocenters. The standard InChI is InChI=1S/C19H15ClN2O4/c20-15-6-4-10(9-17(15)22(25)26)18-13-3-1-2-12(13)14-8-11(19(23)24)5-7-16(14)21-18/h1-2,4-9,12-13,18,21H,3H2,(H,23,24)/t12-,13-,18-/m1/s1. The Morgan fingerprint density at radius 1 is 1.27 bits per heavy atom. The third-order valence-corrected chi connectivity index (χ3v) is 5.46. The lowest BCUT2D eigenvalue weighted by molar-refractivity contribution is -0.384. The molecular weight excluding hydrogens is 356 g/mol. The van der Waals surface area contributed by atoms with Crippen LogP contribution in [-0.2, 0) is 0 Å². The van der Waals surface area contributed by atoms with Crippen molar-refractivity contribution in [2.45, 2.75) is 18.4 Å². The molecule has 0 radical (unpaired) electrons. The average molecular weight is 371 g/mol. The van der Waals surface area contributed by atoms with Crippen molar-refractivity contribution in [1.29, 1.82) is 0 Å². The summed E-state index contributed by atoms with van der Waals surface area (Å²) in [6.45, 7) is 0. The summed E-state index contributed by atoms with van der Waals surface area (Å²) in [5.74, 6) is -0.723. The molecule has 0 saturated heterocycles. The van der Waals surface area contributed by atoms with E-state index in [2.05, 4.69) is 17.5 Å². The van der Waals surface area contributed by atoms with Gasteiger partial charge in [-0.15, -0.1) is 0 Å². The maximum atomic E-state index is 11.3. The Hall–Kier alpha value is -2.86. The predicted molar refractivity (Wildman–Crippen MR) is 97.9 cm³/mol. The number of anilines is 1. The molecule has 2 aromatic rings. The lowest BCUT2D eigenvalue weighted by atomic mass is 9.76. The Balaban J connectivity index is 1.78. The Morgan fingerprint density at radius 3 is 2.81 bits per heavy atom. The van der Waals surface area contributed by atoms with Gasteiger partial charge in [-0.2, -0.15) is 0 Å². The summed E-state index contributed by atoms with van der Waals surface area (Å²) >= 11 is 5.94. The first-order valence-electron chi connectivity index (χ1n) is 8.20. The fourth-order valence-corrected chi connectivity index (χ4v) is 4.11. The fourth-order valence-electron chi connectivity index (χ4n) is 3.92. The number of rotatable bonds is 3. The molecule has 4 rings (SSSR count). The van der Waals surface area contributed by atoms with E-state index >= 15 is 0 Å². The third-order valence-electron chi connectivity index (χ3n) is 5.14. The molecule has 0 fully saturated rings. The highest BCUT2D eigenvalue weighted by Crippen LogP contribution is 2.50. The molecular formula is C19H15ClN2O4. The van der Waals surface area contributed by atoms with Gasteiger partial charge in [-0.3, -0.25) is 10.1 Å². The number of nitro groups is 1. The first-order valence-corrected chi connectivity index (χ1v) is 8.58. The van der Waals surface area contributed by atoms with Gasteiger partial charge in [0.1, 0.15) is 5.02 Å². The van der Waals surface area contributed by atoms with E-state index in [9.17, 15) is 20.0 Å². The second kappa shape index (κ2) is 6.14. The number of halogens is 1. The normalized spacial score (nSPS) is 23.0. The number of nitrogens with zero attached hydrogens (tertiary/aromatic N) is 1. The summed E-state index contributed by atoms with van der Waals surface area (Å²) in [7, 11) is 0. The van der Waals surface area contributed by atoms with E-state index in [0.717, 1.165) is 23.2 Å². The minimum atomic E-state index is -0.957. The zero-order valence-corrected chi connectivity index (χ0v) is 14.3. The Kier molecular flexibility index (Phi) is 3.92. The molecule has 26 heavy (non-hydrogen) atoms. The highest BCUT2D eigenvalue weighted by atomic mass is 35.5. The molecule has 0 amide bonds. The number of hydrogen-bond donors (Lipinski definition) is 2. The minimum Gasteiger partial charge on any atom is -0.478 e. The van der Waals surface area contributed by atoms with Gasteiger partial charge < -0.3 is 10.4 Å². The zero-order chi connectivity index (χ0) is 18.4. The van der Waals surface area contributed by atoms with Crippen molar-refractivity contribution in [2.24, 2.45) is 5.92 Å². The van der Waals surface area contributed by atoms with E-state index in [0.29, 0.717) is 0 Å². The van der Waals surface area contributed by atoms with Crippen molar-refractivity contribution in [3.63, 3.8) is 0 Å². The van der Waals surface area contributed by atoms with Crippen LogP contribution in [0, 0.1) is 16.0 Å². The van der Waals surface area contributed by atoms with Gasteiger partial charge in [-0.25, -0.2) is 4.79 Å². The van der Waals surface area contributed by atoms with E-state index in [1.165, 1.54) is 6.07 Å². The van der Waals surface area contributed by atoms with Crippen LogP contribution in [0.2, 0.25) is 5.02 Å². The van der Waals surface area contributed by atoms with Gasteiger partial charge in [-0.1, -0.05) is 29.8 Å². The van der Waals surface area contributed by atoms with Gasteiger partial charge in [0.2, 0.25) is 0 Å². The van der Waals surface area contributed by atoms with Gasteiger partial charge >= 0.3 is 5.97 Å². The van der Waals surface area contributed by atoms with Crippen LogP contribution in [0.3, 0.4) is 0 Å². The van der Waals surface area contributed by atoms with E-state index < -0.39 is 10.9 Å². The fraction of sp³-hybridized carbons (Fsp3) is 0.211. The quantitative estimate of drug-likeness (QED) is 0.461. The Morgan fingerprint density at radius 2 is 2.08 bits per heavy atom. The molecule has 2 N–H and O–H groups in total. The molecule has 1 aliphatic heterocycles. The number of carboxylic acid groups (broad SMARTS) is 1. The maximum absolute atomic E-state index is 11.3. The molecule has 3 atom stereocenters. The molecule has 1 heterocycles. The van der Waals surface area contributed by atoms with Gasteiger partial charge in [0, 0.05) is 17.7 Å². The van der Waals surface area contributed by atoms with Crippen molar-refractivity contribution < 1.29 is 14.8 Å². The predicted octanol–water partition coefficient (Wildman–Crippen LogP) is 4.77. The molecule has 132 valence electrons. The highest BCUT2D eigenvalue weighted by Gasteiger charge is 2.38. The largest absolute Gasteiger partial charge is 0.478 e. The number of fused-ring (bicyclic) bond motifs is 3. The van der Waals surface area contributed by atoms with Crippen LogP contribution < -0.4 is 5.32 Å². The lowest BCUT2D eigenvalue weighted by Gasteiger charge is -2.37. The average Bonchev–Trinajstić information content (AvgIpc) is 3.11. The van der Waals surface area contributed by atoms with Crippen LogP contribution in [0.1, 0.15) is 39.9 Å². The topological polar surface area (TPSA) is 92.5 Å². The van der Waals surface area contributed by atoms with E-state index in [1.54, 1.807) is 30.3 Å². The SMILES string of the molecule is O=C(O)c1ccc2c(c1)[C@@H]1C=CC[C@H]1[C@@H](c1ccc(Cl)c([N+](=O)[O-])c1)N2. The first-order chi connectivity index (χ1) is 12.5. The van der Waals surface area contributed by atoms with Crippen molar-refractivity contribution in [2.75, 3.05) is 5.32 Å². The number of carboxylic acids is 1. The summed E-state index contributed by atoms with van der Waals surface area (Å²) in [6.07, 6.45) is 4.99. The second-order valence-electron chi connectivity index (χ2n) is 6.55. The molecule has 0 spiro atoms. The van der Waals surface area contributed by atoms with E-state index in [-0.39, 0.29) is 34.2 Å². The van der Waals surface area contributed by atoms with Gasteiger partial charge in [0.05, 0.1) is 16.5 Å². The monoisotopic (exact) mass is 370 g/mol. The van der Waals surface area contributed by atoms with Gasteiger partial charge in [0.15, 0.2) is 0 Å². The summed E-state index contributed by atoms with van der Waals surface area (Å²) in [6, 6.07) is 9.79. The smallest absolute Gasteiger partial charge is 0.335 e. The number of nitro benzene ring substituents is 1. The number of carbonyl (C=O) groups is 1. The summed E-state index contributed by atoms with van der Waals surface area (Å²) < 4.78 is 0. The summed E-state index contributed by atoms with van der Waals surface area (Å²) in [5, 5.41) is 24.0. The third kappa shape index (κ3) is 2.63. The molecule has 1 aliphatic carbocycles. The van der Waals surface area contributed by atoms with Crippen molar-refractivity contribution in [3.05, 3.63) is 80.4 Å². The van der Waals surface area contributed by atoms with Crippen LogP contribution in [-0.4, -0.2) is 16.0 Å². The molecule has 6 nitrogen and oxygen atoms in total. The lowest BCUT2D eigenvalue weighted by Crippen LogP contribution is -2.29. The Labute approximate surface area is 154 Å². The molecule has 0 bridgehead atoms. The van der Waals surface area contributed by atoms with Gasteiger partial charge in [-0.05, 0) is 47.7 Å². The van der Waals surface area contributed by atoms with Crippen molar-refractivity contribution >= 4 is 28.9 Å². The number of nitrogens with one attached hydrogen (secondary N) is 1. The molecule has 2 aliphatic rings. The first kappa shape index (κ1) is 16.6. The van der Waals surface area contributed by atoms with E-state index in [4.69, 9.17) is 11.6 Å². The van der Waals surface area contributed by atoms with Crippen LogP contribution in [0.25, 0.3) is 0 Å². The molecule has 2 aromatic carbocycles. The summed E-state index contributed by atoms with van der Waals surface area (Å²) in [5.41, 5.74) is 2.74. The highest BCUT2D eigenvalue weighted by molar-refractivity contribution is 6.32. The van der Waals surface area contributed by atoms with Crippen LogP contribution in [0.5, 0.6) is 0 Å². The number of hydrogen-bond acceptors (Lipinski definition) is 4. The van der Waals surface area contributed by atoms with Gasteiger partial charge in [0.25, 0.3) is 5.69 Å². The van der Waals surface area contributed by atoms with Crippen molar-refractivity contribution in [1.82, 2.24) is 0 Å². The molecule has 0 saturated carbocycles. The molecule has 7 heteroatoms. The van der Waals surface area contributed by atoms with Crippen LogP contribution in [0.15, 0.2) is 48.6 Å². The van der Waals surface area contributed by atoms with Crippen LogP contribution >= 0.6 is 11.6 Å². The molecule has 0 aromatic heterocycles. The number of benzene rings is 2. The van der Waals surface area contributed by atoms with Crippen molar-refractivity contribution in [3.8, 4) is 0 Å². The van der Waals surface area contributed by atoms with E-state index in [1.807, 2.05) is 0 Å². The summed E-state index contributed by atoms with van der Waals surface area (Å²) in [4.78, 5) is 22.0. The zero-order valence-electron chi connectivity index (χ0n) is 13.6. The van der Waals surface area contributed by atoms with Crippen LogP contribution in [0.4, 0.5) is 11.4 Å². The number of allylic oxidation sites excluding steroid dienone is 2. The second-order valence-corrected chi connectivity index (χ2v) is 6.96. The minimum absolute atomic E-state index is 0.0743. The Bertz CT molecular complexity index is 957. The number of aromatic carboxylic acids is 1.